The van der Waals surface area contributed by atoms with Crippen molar-refractivity contribution in [3.05, 3.63) is 22.8 Å². The van der Waals surface area contributed by atoms with Crippen molar-refractivity contribution in [1.29, 1.82) is 0 Å². The van der Waals surface area contributed by atoms with Gasteiger partial charge in [-0.2, -0.15) is 0 Å². The number of anilines is 1. The number of pyridine rings is 1. The van der Waals surface area contributed by atoms with Gasteiger partial charge in [-0.3, -0.25) is 9.69 Å². The van der Waals surface area contributed by atoms with Crippen LogP contribution in [0.5, 0.6) is 0 Å². The first-order valence-corrected chi connectivity index (χ1v) is 12.7. The third kappa shape index (κ3) is 5.29. The fourth-order valence-corrected chi connectivity index (χ4v) is 4.09. The van der Waals surface area contributed by atoms with Crippen molar-refractivity contribution in [2.24, 2.45) is 0 Å². The molecule has 2 atom stereocenters. The van der Waals surface area contributed by atoms with Crippen LogP contribution in [0.25, 0.3) is 0 Å². The summed E-state index contributed by atoms with van der Waals surface area (Å²) in [6, 6.07) is 3.81. The SMILES string of the molecule is CC(C)(C)[Si](C)(C)OCC1(F)CC(C(=O)Nc2cccc(Br)n2)N(C(=O)O)C1. The van der Waals surface area contributed by atoms with Crippen LogP contribution >= 0.6 is 15.9 Å². The summed E-state index contributed by atoms with van der Waals surface area (Å²) in [5.41, 5.74) is -1.92. The van der Waals surface area contributed by atoms with Crippen LogP contribution in [-0.4, -0.2) is 60.2 Å². The number of rotatable bonds is 5. The van der Waals surface area contributed by atoms with E-state index in [4.69, 9.17) is 4.43 Å². The van der Waals surface area contributed by atoms with Gasteiger partial charge in [-0.15, -0.1) is 0 Å². The predicted octanol–water partition coefficient (Wildman–Crippen LogP) is 4.27. The average molecular weight is 476 g/mol. The molecule has 0 saturated carbocycles. The van der Waals surface area contributed by atoms with Crippen molar-refractivity contribution < 1.29 is 23.5 Å². The highest BCUT2D eigenvalue weighted by molar-refractivity contribution is 9.10. The predicted molar refractivity (Wildman–Crippen MR) is 111 cm³/mol. The lowest BCUT2D eigenvalue weighted by atomic mass is 10.0. The van der Waals surface area contributed by atoms with Gasteiger partial charge in [0.25, 0.3) is 0 Å². The number of nitrogens with zero attached hydrogens (tertiary/aromatic N) is 2. The number of hydrogen-bond donors (Lipinski definition) is 2. The third-order valence-corrected chi connectivity index (χ3v) is 10.3. The van der Waals surface area contributed by atoms with Gasteiger partial charge < -0.3 is 14.8 Å². The Labute approximate surface area is 173 Å². The Morgan fingerprint density at radius 3 is 2.64 bits per heavy atom. The van der Waals surface area contributed by atoms with Gasteiger partial charge in [0.1, 0.15) is 16.5 Å². The largest absolute Gasteiger partial charge is 0.465 e. The lowest BCUT2D eigenvalue weighted by Crippen LogP contribution is -2.46. The number of alkyl halides is 1. The van der Waals surface area contributed by atoms with Crippen molar-refractivity contribution in [2.75, 3.05) is 18.5 Å². The maximum absolute atomic E-state index is 15.4. The maximum atomic E-state index is 15.4. The Morgan fingerprint density at radius 2 is 2.11 bits per heavy atom. The van der Waals surface area contributed by atoms with Crippen molar-refractivity contribution in [3.8, 4) is 0 Å². The zero-order valence-electron chi connectivity index (χ0n) is 16.8. The molecule has 1 aliphatic heterocycles. The topological polar surface area (TPSA) is 91.8 Å². The quantitative estimate of drug-likeness (QED) is 0.490. The van der Waals surface area contributed by atoms with Gasteiger partial charge in [0.2, 0.25) is 5.91 Å². The normalized spacial score (nSPS) is 23.0. The Balaban J connectivity index is 2.12. The smallest absolute Gasteiger partial charge is 0.408 e. The number of carboxylic acid groups (broad SMARTS) is 1. The second kappa shape index (κ2) is 8.07. The molecule has 156 valence electrons. The summed E-state index contributed by atoms with van der Waals surface area (Å²) in [7, 11) is -2.21. The molecular formula is C18H27BrFN3O4Si. The Kier molecular flexibility index (Phi) is 6.56. The molecule has 1 aromatic rings. The van der Waals surface area contributed by atoms with E-state index in [1.54, 1.807) is 18.2 Å². The van der Waals surface area contributed by atoms with Crippen molar-refractivity contribution >= 4 is 42.1 Å². The van der Waals surface area contributed by atoms with E-state index in [0.717, 1.165) is 4.90 Å². The third-order valence-electron chi connectivity index (χ3n) is 5.40. The van der Waals surface area contributed by atoms with Crippen LogP contribution in [0.15, 0.2) is 22.8 Å². The van der Waals surface area contributed by atoms with E-state index < -0.39 is 38.6 Å². The van der Waals surface area contributed by atoms with Crippen LogP contribution in [-0.2, 0) is 9.22 Å². The number of aromatic nitrogens is 1. The monoisotopic (exact) mass is 475 g/mol. The molecule has 10 heteroatoms. The van der Waals surface area contributed by atoms with Gasteiger partial charge >= 0.3 is 6.09 Å². The van der Waals surface area contributed by atoms with E-state index in [1.807, 2.05) is 33.9 Å². The standard InChI is InChI=1S/C18H27BrFN3O4Si/c1-17(2,3)28(4,5)27-11-18(20)9-12(23(10-18)16(25)26)15(24)22-14-8-6-7-13(19)21-14/h6-8,12H,9-11H2,1-5H3,(H,25,26)(H,21,22,24). The summed E-state index contributed by atoms with van der Waals surface area (Å²) in [6.45, 7) is 9.51. The number of halogens is 2. The molecule has 0 aliphatic carbocycles. The molecule has 7 nitrogen and oxygen atoms in total. The van der Waals surface area contributed by atoms with Crippen LogP contribution in [0.4, 0.5) is 15.0 Å². The molecule has 0 bridgehead atoms. The van der Waals surface area contributed by atoms with Gasteiger partial charge in [0.05, 0.1) is 13.2 Å². The molecule has 0 aromatic carbocycles. The van der Waals surface area contributed by atoms with Crippen molar-refractivity contribution in [1.82, 2.24) is 9.88 Å². The number of amides is 2. The number of likely N-dealkylation sites (tertiary alicyclic amines) is 1. The van der Waals surface area contributed by atoms with E-state index in [0.29, 0.717) is 4.60 Å². The molecule has 2 unspecified atom stereocenters. The lowest BCUT2D eigenvalue weighted by Gasteiger charge is -2.37. The zero-order valence-corrected chi connectivity index (χ0v) is 19.3. The summed E-state index contributed by atoms with van der Waals surface area (Å²) >= 11 is 3.20. The van der Waals surface area contributed by atoms with Crippen LogP contribution in [0, 0.1) is 0 Å². The second-order valence-corrected chi connectivity index (χ2v) is 14.3. The fourth-order valence-electron chi connectivity index (χ4n) is 2.69. The first-order valence-electron chi connectivity index (χ1n) is 9.00. The molecule has 2 rings (SSSR count). The Hall–Kier alpha value is -1.52. The minimum atomic E-state index is -2.21. The number of hydrogen-bond acceptors (Lipinski definition) is 4. The van der Waals surface area contributed by atoms with Gasteiger partial charge in [-0.1, -0.05) is 26.8 Å². The molecular weight excluding hydrogens is 449 g/mol. The molecule has 28 heavy (non-hydrogen) atoms. The number of carbonyl (C=O) groups is 2. The maximum Gasteiger partial charge on any atom is 0.408 e. The molecule has 1 fully saturated rings. The van der Waals surface area contributed by atoms with E-state index in [9.17, 15) is 14.7 Å². The Bertz CT molecular complexity index is 759. The molecule has 1 aromatic heterocycles. The summed E-state index contributed by atoms with van der Waals surface area (Å²) < 4.78 is 21.9. The van der Waals surface area contributed by atoms with Crippen molar-refractivity contribution in [3.63, 3.8) is 0 Å². The number of carbonyl (C=O) groups excluding carboxylic acids is 1. The minimum Gasteiger partial charge on any atom is -0.465 e. The minimum absolute atomic E-state index is 0.0996. The number of nitrogens with one attached hydrogen (secondary N) is 1. The molecule has 2 N–H and O–H groups in total. The summed E-state index contributed by atoms with van der Waals surface area (Å²) in [5, 5.41) is 11.9. The highest BCUT2D eigenvalue weighted by Crippen LogP contribution is 2.39. The summed E-state index contributed by atoms with van der Waals surface area (Å²) in [4.78, 5) is 29.1. The van der Waals surface area contributed by atoms with Crippen LogP contribution in [0.3, 0.4) is 0 Å². The average Bonchev–Trinajstić information content (AvgIpc) is 2.91. The van der Waals surface area contributed by atoms with Gasteiger partial charge in [0, 0.05) is 6.42 Å². The second-order valence-electron chi connectivity index (χ2n) is 8.67. The van der Waals surface area contributed by atoms with Crippen LogP contribution in [0.1, 0.15) is 27.2 Å². The molecule has 0 radical (unpaired) electrons. The first-order chi connectivity index (χ1) is 12.7. The van der Waals surface area contributed by atoms with Crippen LogP contribution < -0.4 is 5.32 Å². The van der Waals surface area contributed by atoms with Crippen molar-refractivity contribution in [2.45, 2.75) is 57.0 Å². The Morgan fingerprint density at radius 1 is 1.46 bits per heavy atom. The molecule has 0 spiro atoms. The van der Waals surface area contributed by atoms with E-state index in [2.05, 4.69) is 26.2 Å². The lowest BCUT2D eigenvalue weighted by molar-refractivity contribution is -0.120. The molecule has 1 aliphatic rings. The van der Waals surface area contributed by atoms with Gasteiger partial charge in [0.15, 0.2) is 14.0 Å². The van der Waals surface area contributed by atoms with Crippen LogP contribution in [0.2, 0.25) is 18.1 Å². The molecule has 2 heterocycles. The summed E-state index contributed by atoms with van der Waals surface area (Å²) in [6.07, 6.45) is -1.59. The van der Waals surface area contributed by atoms with E-state index >= 15 is 4.39 Å². The highest BCUT2D eigenvalue weighted by atomic mass is 79.9. The van der Waals surface area contributed by atoms with Gasteiger partial charge in [-0.25, -0.2) is 14.2 Å². The first kappa shape index (κ1) is 22.8. The fraction of sp³-hybridized carbons (Fsp3) is 0.611. The summed E-state index contributed by atoms with van der Waals surface area (Å²) in [5.74, 6) is -0.349. The zero-order chi connectivity index (χ0) is 21.3. The highest BCUT2D eigenvalue weighted by Gasteiger charge is 2.51. The molecule has 2 amide bonds. The van der Waals surface area contributed by atoms with Gasteiger partial charge in [-0.05, 0) is 46.2 Å². The molecule has 1 saturated heterocycles. The van der Waals surface area contributed by atoms with E-state index in [-0.39, 0.29) is 23.9 Å². The van der Waals surface area contributed by atoms with E-state index in [1.165, 1.54) is 0 Å².